The third-order valence-corrected chi connectivity index (χ3v) is 2.33. The average molecular weight is 242 g/mol. The minimum Gasteiger partial charge on any atom is -0.410 e. The van der Waals surface area contributed by atoms with Crippen molar-refractivity contribution in [2.75, 3.05) is 11.1 Å². The molecule has 0 saturated heterocycles. The van der Waals surface area contributed by atoms with Crippen LogP contribution >= 0.6 is 0 Å². The van der Waals surface area contributed by atoms with Crippen LogP contribution in [0.3, 0.4) is 0 Å². The number of carbonyl (C=O) groups is 1. The molecule has 0 aromatic heterocycles. The van der Waals surface area contributed by atoms with Crippen LogP contribution in [0.1, 0.15) is 5.56 Å². The van der Waals surface area contributed by atoms with E-state index >= 15 is 0 Å². The van der Waals surface area contributed by atoms with E-state index in [1.807, 2.05) is 25.1 Å². The van der Waals surface area contributed by atoms with Crippen LogP contribution in [-0.4, -0.2) is 6.09 Å². The Morgan fingerprint density at radius 1 is 1.17 bits per heavy atom. The molecule has 0 saturated carbocycles. The first-order valence-electron chi connectivity index (χ1n) is 5.54. The number of carbonyl (C=O) groups excluding carboxylic acids is 1. The standard InChI is InChI=1S/C14H14N2O2/c1-10-4-2-6-12(8-10)16-14(17)18-13-7-3-5-11(15)9-13/h2-9H,15H2,1H3,(H,16,17). The second-order valence-electron chi connectivity index (χ2n) is 3.96. The molecule has 2 rings (SSSR count). The predicted molar refractivity (Wildman–Crippen MR) is 71.7 cm³/mol. The van der Waals surface area contributed by atoms with Crippen molar-refractivity contribution in [2.45, 2.75) is 6.92 Å². The van der Waals surface area contributed by atoms with Crippen LogP contribution in [0, 0.1) is 6.92 Å². The zero-order valence-corrected chi connectivity index (χ0v) is 10.0. The summed E-state index contributed by atoms with van der Waals surface area (Å²) in [5.41, 5.74) is 7.91. The van der Waals surface area contributed by atoms with Crippen molar-refractivity contribution in [1.82, 2.24) is 0 Å². The molecule has 3 N–H and O–H groups in total. The van der Waals surface area contributed by atoms with E-state index in [0.29, 0.717) is 17.1 Å². The fraction of sp³-hybridized carbons (Fsp3) is 0.0714. The summed E-state index contributed by atoms with van der Waals surface area (Å²) >= 11 is 0. The molecule has 0 unspecified atom stereocenters. The highest BCUT2D eigenvalue weighted by Crippen LogP contribution is 2.16. The number of amides is 1. The van der Waals surface area contributed by atoms with Gasteiger partial charge in [-0.3, -0.25) is 5.32 Å². The number of nitrogens with two attached hydrogens (primary N) is 1. The van der Waals surface area contributed by atoms with Crippen LogP contribution in [0.25, 0.3) is 0 Å². The van der Waals surface area contributed by atoms with Gasteiger partial charge in [-0.25, -0.2) is 4.79 Å². The number of ether oxygens (including phenoxy) is 1. The highest BCUT2D eigenvalue weighted by molar-refractivity contribution is 5.86. The lowest BCUT2D eigenvalue weighted by molar-refractivity contribution is 0.215. The van der Waals surface area contributed by atoms with Crippen molar-refractivity contribution in [2.24, 2.45) is 0 Å². The molecule has 0 aliphatic rings. The molecule has 0 atom stereocenters. The van der Waals surface area contributed by atoms with Gasteiger partial charge in [0.25, 0.3) is 0 Å². The Hall–Kier alpha value is -2.49. The summed E-state index contributed by atoms with van der Waals surface area (Å²) in [6, 6.07) is 14.2. The fourth-order valence-corrected chi connectivity index (χ4v) is 1.55. The second kappa shape index (κ2) is 5.23. The Morgan fingerprint density at radius 3 is 2.67 bits per heavy atom. The molecule has 18 heavy (non-hydrogen) atoms. The monoisotopic (exact) mass is 242 g/mol. The van der Waals surface area contributed by atoms with Crippen LogP contribution in [0.5, 0.6) is 5.75 Å². The molecule has 2 aromatic carbocycles. The van der Waals surface area contributed by atoms with Crippen molar-refractivity contribution in [1.29, 1.82) is 0 Å². The van der Waals surface area contributed by atoms with Gasteiger partial charge in [0.15, 0.2) is 0 Å². The van der Waals surface area contributed by atoms with E-state index < -0.39 is 6.09 Å². The Bertz CT molecular complexity index is 518. The summed E-state index contributed by atoms with van der Waals surface area (Å²) in [6.45, 7) is 1.95. The minimum absolute atomic E-state index is 0.417. The van der Waals surface area contributed by atoms with E-state index in [0.717, 1.165) is 5.56 Å². The zero-order valence-electron chi connectivity index (χ0n) is 10.0. The predicted octanol–water partition coefficient (Wildman–Crippen LogP) is 3.19. The van der Waals surface area contributed by atoms with Gasteiger partial charge in [-0.05, 0) is 36.8 Å². The molecule has 0 spiro atoms. The van der Waals surface area contributed by atoms with Gasteiger partial charge in [0.1, 0.15) is 5.75 Å². The summed E-state index contributed by atoms with van der Waals surface area (Å²) in [6.07, 6.45) is -0.536. The fourth-order valence-electron chi connectivity index (χ4n) is 1.55. The molecule has 92 valence electrons. The van der Waals surface area contributed by atoms with Gasteiger partial charge in [-0.15, -0.1) is 0 Å². The molecule has 0 heterocycles. The molecular formula is C14H14N2O2. The van der Waals surface area contributed by atoms with Crippen molar-refractivity contribution in [3.05, 3.63) is 54.1 Å². The first kappa shape index (κ1) is 12.0. The Morgan fingerprint density at radius 2 is 1.94 bits per heavy atom. The highest BCUT2D eigenvalue weighted by atomic mass is 16.6. The Labute approximate surface area is 105 Å². The number of hydrogen-bond donors (Lipinski definition) is 2. The number of rotatable bonds is 2. The molecular weight excluding hydrogens is 228 g/mol. The van der Waals surface area contributed by atoms with E-state index in [2.05, 4.69) is 5.32 Å². The van der Waals surface area contributed by atoms with Gasteiger partial charge < -0.3 is 10.5 Å². The van der Waals surface area contributed by atoms with Crippen LogP contribution in [0.2, 0.25) is 0 Å². The van der Waals surface area contributed by atoms with Crippen LogP contribution < -0.4 is 15.8 Å². The van der Waals surface area contributed by atoms with Gasteiger partial charge in [-0.1, -0.05) is 18.2 Å². The van der Waals surface area contributed by atoms with Crippen LogP contribution in [0.15, 0.2) is 48.5 Å². The van der Waals surface area contributed by atoms with Gasteiger partial charge in [-0.2, -0.15) is 0 Å². The zero-order chi connectivity index (χ0) is 13.0. The number of hydrogen-bond acceptors (Lipinski definition) is 3. The smallest absolute Gasteiger partial charge is 0.410 e. The summed E-state index contributed by atoms with van der Waals surface area (Å²) in [7, 11) is 0. The van der Waals surface area contributed by atoms with Crippen molar-refractivity contribution in [3.63, 3.8) is 0 Å². The molecule has 0 fully saturated rings. The average Bonchev–Trinajstić information content (AvgIpc) is 2.28. The normalized spacial score (nSPS) is 9.83. The SMILES string of the molecule is Cc1cccc(NC(=O)Oc2cccc(N)c2)c1. The molecule has 1 amide bonds. The lowest BCUT2D eigenvalue weighted by atomic mass is 10.2. The lowest BCUT2D eigenvalue weighted by Crippen LogP contribution is -2.16. The molecule has 2 aromatic rings. The number of anilines is 2. The second-order valence-corrected chi connectivity index (χ2v) is 3.96. The first-order valence-corrected chi connectivity index (χ1v) is 5.54. The third kappa shape index (κ3) is 3.25. The number of benzene rings is 2. The van der Waals surface area contributed by atoms with E-state index in [4.69, 9.17) is 10.5 Å². The number of aryl methyl sites for hydroxylation is 1. The van der Waals surface area contributed by atoms with E-state index in [-0.39, 0.29) is 0 Å². The Kier molecular flexibility index (Phi) is 3.48. The summed E-state index contributed by atoms with van der Waals surface area (Å²) in [5.74, 6) is 0.417. The van der Waals surface area contributed by atoms with E-state index in [9.17, 15) is 4.79 Å². The van der Waals surface area contributed by atoms with Gasteiger partial charge in [0.2, 0.25) is 0 Å². The maximum atomic E-state index is 11.6. The van der Waals surface area contributed by atoms with Gasteiger partial charge in [0.05, 0.1) is 0 Å². The number of nitrogens with one attached hydrogen (secondary N) is 1. The van der Waals surface area contributed by atoms with Crippen molar-refractivity contribution < 1.29 is 9.53 Å². The van der Waals surface area contributed by atoms with Crippen LogP contribution in [-0.2, 0) is 0 Å². The third-order valence-electron chi connectivity index (χ3n) is 2.33. The Balaban J connectivity index is 2.01. The summed E-state index contributed by atoms with van der Waals surface area (Å²) in [5, 5.41) is 2.65. The summed E-state index contributed by atoms with van der Waals surface area (Å²) < 4.78 is 5.11. The number of nitrogen functional groups attached to an aromatic ring is 1. The largest absolute Gasteiger partial charge is 0.417 e. The van der Waals surface area contributed by atoms with E-state index in [1.165, 1.54) is 0 Å². The quantitative estimate of drug-likeness (QED) is 0.795. The topological polar surface area (TPSA) is 64.3 Å². The molecule has 0 aliphatic heterocycles. The highest BCUT2D eigenvalue weighted by Gasteiger charge is 2.05. The lowest BCUT2D eigenvalue weighted by Gasteiger charge is -2.07. The molecule has 0 bridgehead atoms. The maximum absolute atomic E-state index is 11.6. The maximum Gasteiger partial charge on any atom is 0.417 e. The molecule has 4 heteroatoms. The molecule has 0 radical (unpaired) electrons. The van der Waals surface area contributed by atoms with E-state index in [1.54, 1.807) is 30.3 Å². The first-order chi connectivity index (χ1) is 8.63. The molecule has 0 aliphatic carbocycles. The van der Waals surface area contributed by atoms with Crippen molar-refractivity contribution in [3.8, 4) is 5.75 Å². The minimum atomic E-state index is -0.536. The molecule has 4 nitrogen and oxygen atoms in total. The van der Waals surface area contributed by atoms with Gasteiger partial charge in [0, 0.05) is 17.4 Å². The van der Waals surface area contributed by atoms with Crippen LogP contribution in [0.4, 0.5) is 16.2 Å². The van der Waals surface area contributed by atoms with Gasteiger partial charge >= 0.3 is 6.09 Å². The summed E-state index contributed by atoms with van der Waals surface area (Å²) in [4.78, 5) is 11.6. The van der Waals surface area contributed by atoms with Crippen molar-refractivity contribution >= 4 is 17.5 Å².